The van der Waals surface area contributed by atoms with Crippen LogP contribution in [0.25, 0.3) is 0 Å². The van der Waals surface area contributed by atoms with E-state index >= 15 is 0 Å². The molecule has 0 spiro atoms. The molecule has 1 aromatic heterocycles. The molecule has 0 aliphatic heterocycles. The van der Waals surface area contributed by atoms with Crippen molar-refractivity contribution in [2.75, 3.05) is 5.43 Å². The largest absolute Gasteiger partial charge is 0.356 e. The maximum Gasteiger partial charge on any atom is 0.185 e. The molecule has 0 amide bonds. The summed E-state index contributed by atoms with van der Waals surface area (Å²) in [5, 5.41) is 6.82. The van der Waals surface area contributed by atoms with Crippen molar-refractivity contribution in [3.05, 3.63) is 49.6 Å². The Hall–Kier alpha value is -0.720. The third-order valence-electron chi connectivity index (χ3n) is 2.31. The van der Waals surface area contributed by atoms with E-state index in [0.717, 1.165) is 0 Å². The number of thiophene rings is 1. The summed E-state index contributed by atoms with van der Waals surface area (Å²) in [5.41, 5.74) is 6.22. The molecule has 2 aromatic rings. The van der Waals surface area contributed by atoms with Crippen molar-refractivity contribution in [2.45, 2.75) is 6.54 Å². The van der Waals surface area contributed by atoms with Crippen LogP contribution in [-0.4, -0.2) is 5.11 Å². The first-order chi connectivity index (χ1) is 9.56. The number of benzene rings is 1. The van der Waals surface area contributed by atoms with Crippen molar-refractivity contribution in [1.82, 2.24) is 10.7 Å². The standard InChI is InChI=1S/C12H10Cl3N3S2/c13-7-4-9(14)11(10(15)5-7)17-18-12(19)16-6-8-2-1-3-20-8/h1-5,17H,6H2,(H2,16,18,19). The molecular formula is C12H10Cl3N3S2. The van der Waals surface area contributed by atoms with Crippen LogP contribution in [0.15, 0.2) is 29.6 Å². The fourth-order valence-electron chi connectivity index (χ4n) is 1.41. The summed E-state index contributed by atoms with van der Waals surface area (Å²) in [6, 6.07) is 7.21. The first-order valence-corrected chi connectivity index (χ1v) is 7.95. The van der Waals surface area contributed by atoms with Crippen LogP contribution in [0.3, 0.4) is 0 Å². The van der Waals surface area contributed by atoms with Crippen LogP contribution in [-0.2, 0) is 6.54 Å². The van der Waals surface area contributed by atoms with E-state index in [9.17, 15) is 0 Å². The summed E-state index contributed by atoms with van der Waals surface area (Å²) in [6.45, 7) is 0.660. The van der Waals surface area contributed by atoms with Gasteiger partial charge in [-0.1, -0.05) is 40.9 Å². The molecule has 0 bridgehead atoms. The molecule has 0 unspecified atom stereocenters. The molecular weight excluding hydrogens is 357 g/mol. The molecule has 8 heteroatoms. The van der Waals surface area contributed by atoms with Gasteiger partial charge in [0, 0.05) is 9.90 Å². The number of hydrogen-bond acceptors (Lipinski definition) is 3. The van der Waals surface area contributed by atoms with E-state index in [1.807, 2.05) is 17.5 Å². The second-order valence-corrected chi connectivity index (χ2v) is 6.45. The Balaban J connectivity index is 1.87. The lowest BCUT2D eigenvalue weighted by Crippen LogP contribution is -2.38. The molecule has 3 N–H and O–H groups in total. The molecule has 0 radical (unpaired) electrons. The molecule has 3 nitrogen and oxygen atoms in total. The van der Waals surface area contributed by atoms with Gasteiger partial charge >= 0.3 is 0 Å². The molecule has 0 saturated carbocycles. The highest BCUT2D eigenvalue weighted by Gasteiger charge is 2.07. The Labute approximate surface area is 141 Å². The highest BCUT2D eigenvalue weighted by molar-refractivity contribution is 7.80. The van der Waals surface area contributed by atoms with Crippen molar-refractivity contribution in [2.24, 2.45) is 0 Å². The maximum atomic E-state index is 6.04. The zero-order valence-electron chi connectivity index (χ0n) is 10.0. The molecule has 1 heterocycles. The Morgan fingerprint density at radius 1 is 1.20 bits per heavy atom. The lowest BCUT2D eigenvalue weighted by molar-refractivity contribution is 0.901. The molecule has 106 valence electrons. The van der Waals surface area contributed by atoms with Gasteiger partial charge in [0.25, 0.3) is 0 Å². The van der Waals surface area contributed by atoms with Crippen molar-refractivity contribution in [3.8, 4) is 0 Å². The van der Waals surface area contributed by atoms with Gasteiger partial charge in [0.2, 0.25) is 0 Å². The SMILES string of the molecule is S=C(NCc1cccs1)NNc1c(Cl)cc(Cl)cc1Cl. The monoisotopic (exact) mass is 365 g/mol. The zero-order valence-corrected chi connectivity index (χ0v) is 13.9. The lowest BCUT2D eigenvalue weighted by Gasteiger charge is -2.14. The minimum absolute atomic E-state index is 0.413. The zero-order chi connectivity index (χ0) is 14.5. The van der Waals surface area contributed by atoms with E-state index in [0.29, 0.717) is 32.4 Å². The summed E-state index contributed by atoms with van der Waals surface area (Å²) in [5.74, 6) is 0. The summed E-state index contributed by atoms with van der Waals surface area (Å²) in [7, 11) is 0. The predicted octanol–water partition coefficient (Wildman–Crippen LogP) is 4.70. The van der Waals surface area contributed by atoms with Gasteiger partial charge in [0.05, 0.1) is 22.3 Å². The number of hydrazine groups is 1. The van der Waals surface area contributed by atoms with Gasteiger partial charge in [-0.15, -0.1) is 11.3 Å². The molecule has 0 aliphatic rings. The second-order valence-electron chi connectivity index (χ2n) is 3.76. The summed E-state index contributed by atoms with van der Waals surface area (Å²) >= 11 is 24.7. The second kappa shape index (κ2) is 7.33. The first kappa shape index (κ1) is 15.7. The Bertz CT molecular complexity index is 579. The van der Waals surface area contributed by atoms with Crippen molar-refractivity contribution in [3.63, 3.8) is 0 Å². The normalized spacial score (nSPS) is 10.2. The van der Waals surface area contributed by atoms with Crippen molar-refractivity contribution >= 4 is 69.2 Å². The Morgan fingerprint density at radius 2 is 1.90 bits per heavy atom. The minimum atomic E-state index is 0.413. The highest BCUT2D eigenvalue weighted by atomic mass is 35.5. The summed E-state index contributed by atoms with van der Waals surface area (Å²) in [6.07, 6.45) is 0. The summed E-state index contributed by atoms with van der Waals surface area (Å²) < 4.78 is 0. The molecule has 2 rings (SSSR count). The number of nitrogens with one attached hydrogen (secondary N) is 3. The van der Waals surface area contributed by atoms with Crippen LogP contribution in [0, 0.1) is 0 Å². The third kappa shape index (κ3) is 4.40. The van der Waals surface area contributed by atoms with Crippen molar-refractivity contribution in [1.29, 1.82) is 0 Å². The quantitative estimate of drug-likeness (QED) is 0.541. The molecule has 0 aliphatic carbocycles. The minimum Gasteiger partial charge on any atom is -0.356 e. The predicted molar refractivity (Wildman–Crippen MR) is 92.0 cm³/mol. The van der Waals surface area contributed by atoms with Crippen LogP contribution in [0.5, 0.6) is 0 Å². The topological polar surface area (TPSA) is 36.1 Å². The molecule has 0 atom stereocenters. The first-order valence-electron chi connectivity index (χ1n) is 5.53. The van der Waals surface area contributed by atoms with Gasteiger partial charge in [-0.3, -0.25) is 10.9 Å². The van der Waals surface area contributed by atoms with E-state index in [2.05, 4.69) is 16.2 Å². The molecule has 0 fully saturated rings. The van der Waals surface area contributed by atoms with Crippen LogP contribution in [0.1, 0.15) is 4.88 Å². The number of hydrogen-bond donors (Lipinski definition) is 3. The Kier molecular flexibility index (Phi) is 5.74. The number of thiocarbonyl (C=S) groups is 1. The van der Waals surface area contributed by atoms with Gasteiger partial charge in [0.15, 0.2) is 5.11 Å². The van der Waals surface area contributed by atoms with Crippen LogP contribution in [0.2, 0.25) is 15.1 Å². The highest BCUT2D eigenvalue weighted by Crippen LogP contribution is 2.32. The average Bonchev–Trinajstić information content (AvgIpc) is 2.88. The van der Waals surface area contributed by atoms with Gasteiger partial charge in [-0.2, -0.15) is 0 Å². The third-order valence-corrected chi connectivity index (χ3v) is 4.25. The smallest absolute Gasteiger partial charge is 0.185 e. The number of rotatable bonds is 4. The van der Waals surface area contributed by atoms with Gasteiger partial charge in [-0.05, 0) is 35.8 Å². The van der Waals surface area contributed by atoms with Gasteiger partial charge < -0.3 is 5.32 Å². The molecule has 1 aromatic carbocycles. The van der Waals surface area contributed by atoms with E-state index in [-0.39, 0.29) is 0 Å². The maximum absolute atomic E-state index is 6.04. The fourth-order valence-corrected chi connectivity index (χ4v) is 3.08. The van der Waals surface area contributed by atoms with Crippen LogP contribution < -0.4 is 16.2 Å². The molecule has 20 heavy (non-hydrogen) atoms. The van der Waals surface area contributed by atoms with E-state index < -0.39 is 0 Å². The number of halogens is 3. The van der Waals surface area contributed by atoms with E-state index in [1.54, 1.807) is 23.5 Å². The average molecular weight is 367 g/mol. The van der Waals surface area contributed by atoms with Gasteiger partial charge in [0.1, 0.15) is 0 Å². The Morgan fingerprint density at radius 3 is 2.50 bits per heavy atom. The number of anilines is 1. The fraction of sp³-hybridized carbons (Fsp3) is 0.0833. The molecule has 0 saturated heterocycles. The summed E-state index contributed by atoms with van der Waals surface area (Å²) in [4.78, 5) is 1.19. The lowest BCUT2D eigenvalue weighted by atomic mass is 10.3. The van der Waals surface area contributed by atoms with Crippen LogP contribution >= 0.6 is 58.4 Å². The van der Waals surface area contributed by atoms with Crippen molar-refractivity contribution < 1.29 is 0 Å². The van der Waals surface area contributed by atoms with Crippen LogP contribution in [0.4, 0.5) is 5.69 Å². The van der Waals surface area contributed by atoms with E-state index in [1.165, 1.54) is 4.88 Å². The van der Waals surface area contributed by atoms with E-state index in [4.69, 9.17) is 47.0 Å². The van der Waals surface area contributed by atoms with Gasteiger partial charge in [-0.25, -0.2) is 0 Å².